The van der Waals surface area contributed by atoms with Gasteiger partial charge in [0, 0.05) is 19.1 Å². The van der Waals surface area contributed by atoms with Crippen LogP contribution in [0.25, 0.3) is 0 Å². The molecule has 0 aliphatic heterocycles. The van der Waals surface area contributed by atoms with Gasteiger partial charge in [0.25, 0.3) is 0 Å². The summed E-state index contributed by atoms with van der Waals surface area (Å²) < 4.78 is 3.27. The average molecular weight is 314 g/mol. The first kappa shape index (κ1) is 14.1. The summed E-state index contributed by atoms with van der Waals surface area (Å²) in [6.07, 6.45) is 8.24. The quantitative estimate of drug-likeness (QED) is 0.857. The van der Waals surface area contributed by atoms with Gasteiger partial charge in [0.05, 0.1) is 15.9 Å². The normalized spacial score (nSPS) is 17.9. The monoisotopic (exact) mass is 313 g/mol. The standard InChI is InChI=1S/C14H24BrN3/c1-3-18-13(14(15)11(2)17-18)10-16-12-8-6-4-5-7-9-12/h12,16H,3-10H2,1-2H3. The van der Waals surface area contributed by atoms with Crippen LogP contribution in [0.15, 0.2) is 4.47 Å². The minimum Gasteiger partial charge on any atom is -0.308 e. The van der Waals surface area contributed by atoms with E-state index in [0.717, 1.165) is 18.8 Å². The Kier molecular flexibility index (Phi) is 5.25. The summed E-state index contributed by atoms with van der Waals surface area (Å²) in [7, 11) is 0. The number of nitrogens with zero attached hydrogens (tertiary/aromatic N) is 2. The Balaban J connectivity index is 1.96. The summed E-state index contributed by atoms with van der Waals surface area (Å²) in [5, 5.41) is 8.26. The number of halogens is 1. The first-order valence-electron chi connectivity index (χ1n) is 7.17. The van der Waals surface area contributed by atoms with Crippen LogP contribution < -0.4 is 5.32 Å². The van der Waals surface area contributed by atoms with E-state index in [-0.39, 0.29) is 0 Å². The average Bonchev–Trinajstić information content (AvgIpc) is 2.59. The number of nitrogens with one attached hydrogen (secondary N) is 1. The molecule has 1 fully saturated rings. The van der Waals surface area contributed by atoms with E-state index in [9.17, 15) is 0 Å². The molecule has 1 saturated carbocycles. The van der Waals surface area contributed by atoms with E-state index in [1.54, 1.807) is 0 Å². The molecule has 3 nitrogen and oxygen atoms in total. The van der Waals surface area contributed by atoms with Crippen molar-refractivity contribution in [1.82, 2.24) is 15.1 Å². The van der Waals surface area contributed by atoms with E-state index >= 15 is 0 Å². The van der Waals surface area contributed by atoms with Crippen molar-refractivity contribution in [2.45, 2.75) is 71.5 Å². The fourth-order valence-corrected chi connectivity index (χ4v) is 3.19. The van der Waals surface area contributed by atoms with Crippen LogP contribution >= 0.6 is 15.9 Å². The minimum atomic E-state index is 0.694. The summed E-state index contributed by atoms with van der Waals surface area (Å²) in [4.78, 5) is 0. The van der Waals surface area contributed by atoms with Gasteiger partial charge in [0.2, 0.25) is 0 Å². The maximum Gasteiger partial charge on any atom is 0.0739 e. The number of hydrogen-bond acceptors (Lipinski definition) is 2. The Morgan fingerprint density at radius 1 is 1.28 bits per heavy atom. The van der Waals surface area contributed by atoms with Crippen molar-refractivity contribution in [2.75, 3.05) is 0 Å². The molecule has 0 spiro atoms. The molecule has 1 aromatic heterocycles. The lowest BCUT2D eigenvalue weighted by Crippen LogP contribution is -2.29. The Hall–Kier alpha value is -0.350. The van der Waals surface area contributed by atoms with Gasteiger partial charge >= 0.3 is 0 Å². The van der Waals surface area contributed by atoms with Gasteiger partial charge in [0.1, 0.15) is 0 Å². The molecule has 0 radical (unpaired) electrons. The lowest BCUT2D eigenvalue weighted by Gasteiger charge is -2.16. The molecule has 1 aliphatic carbocycles. The zero-order valence-electron chi connectivity index (χ0n) is 11.5. The minimum absolute atomic E-state index is 0.694. The van der Waals surface area contributed by atoms with Crippen molar-refractivity contribution >= 4 is 15.9 Å². The van der Waals surface area contributed by atoms with Crippen LogP contribution in [0.1, 0.15) is 56.8 Å². The lowest BCUT2D eigenvalue weighted by molar-refractivity contribution is 0.446. The molecule has 0 atom stereocenters. The summed E-state index contributed by atoms with van der Waals surface area (Å²) in [6.45, 7) is 6.08. The summed E-state index contributed by atoms with van der Waals surface area (Å²) in [5.74, 6) is 0. The molecule has 102 valence electrons. The van der Waals surface area contributed by atoms with Crippen molar-refractivity contribution in [3.8, 4) is 0 Å². The van der Waals surface area contributed by atoms with Crippen molar-refractivity contribution < 1.29 is 0 Å². The van der Waals surface area contributed by atoms with Gasteiger partial charge in [-0.3, -0.25) is 4.68 Å². The van der Waals surface area contributed by atoms with Crippen molar-refractivity contribution in [1.29, 1.82) is 0 Å². The molecule has 0 saturated heterocycles. The van der Waals surface area contributed by atoms with E-state index in [4.69, 9.17) is 0 Å². The molecule has 0 amide bonds. The van der Waals surface area contributed by atoms with E-state index in [0.29, 0.717) is 6.04 Å². The molecular formula is C14H24BrN3. The molecule has 1 N–H and O–H groups in total. The molecule has 1 heterocycles. The van der Waals surface area contributed by atoms with E-state index < -0.39 is 0 Å². The molecule has 0 aromatic carbocycles. The van der Waals surface area contributed by atoms with Crippen molar-refractivity contribution in [2.24, 2.45) is 0 Å². The number of rotatable bonds is 4. The van der Waals surface area contributed by atoms with Gasteiger partial charge in [-0.25, -0.2) is 0 Å². The highest BCUT2D eigenvalue weighted by molar-refractivity contribution is 9.10. The fourth-order valence-electron chi connectivity index (χ4n) is 2.76. The van der Waals surface area contributed by atoms with Gasteiger partial charge in [-0.15, -0.1) is 0 Å². The van der Waals surface area contributed by atoms with Gasteiger partial charge in [0.15, 0.2) is 0 Å². The Labute approximate surface area is 118 Å². The van der Waals surface area contributed by atoms with E-state index in [2.05, 4.69) is 44.9 Å². The second kappa shape index (κ2) is 6.71. The smallest absolute Gasteiger partial charge is 0.0739 e. The van der Waals surface area contributed by atoms with Gasteiger partial charge in [-0.1, -0.05) is 25.7 Å². The van der Waals surface area contributed by atoms with Crippen molar-refractivity contribution in [3.05, 3.63) is 15.9 Å². The molecule has 0 bridgehead atoms. The van der Waals surface area contributed by atoms with Crippen LogP contribution in [0.3, 0.4) is 0 Å². The number of aromatic nitrogens is 2. The van der Waals surface area contributed by atoms with Crippen LogP contribution in [-0.4, -0.2) is 15.8 Å². The lowest BCUT2D eigenvalue weighted by atomic mass is 10.1. The van der Waals surface area contributed by atoms with E-state index in [1.165, 1.54) is 48.7 Å². The zero-order valence-corrected chi connectivity index (χ0v) is 13.1. The summed E-state index contributed by atoms with van der Waals surface area (Å²) in [6, 6.07) is 0.694. The number of aryl methyl sites for hydroxylation is 2. The second-order valence-electron chi connectivity index (χ2n) is 5.23. The Morgan fingerprint density at radius 3 is 2.56 bits per heavy atom. The fraction of sp³-hybridized carbons (Fsp3) is 0.786. The van der Waals surface area contributed by atoms with Crippen LogP contribution in [0.4, 0.5) is 0 Å². The first-order valence-corrected chi connectivity index (χ1v) is 7.96. The molecule has 4 heteroatoms. The van der Waals surface area contributed by atoms with Gasteiger partial charge in [-0.2, -0.15) is 5.10 Å². The van der Waals surface area contributed by atoms with Crippen LogP contribution in [0.5, 0.6) is 0 Å². The zero-order chi connectivity index (χ0) is 13.0. The Bertz CT molecular complexity index is 379. The maximum absolute atomic E-state index is 4.54. The van der Waals surface area contributed by atoms with Gasteiger partial charge < -0.3 is 5.32 Å². The molecule has 0 unspecified atom stereocenters. The predicted octanol–water partition coefficient (Wildman–Crippen LogP) is 3.79. The molecule has 1 aromatic rings. The van der Waals surface area contributed by atoms with E-state index in [1.807, 2.05) is 0 Å². The van der Waals surface area contributed by atoms with Crippen LogP contribution in [-0.2, 0) is 13.1 Å². The summed E-state index contributed by atoms with van der Waals surface area (Å²) >= 11 is 3.66. The molecule has 2 rings (SSSR count). The maximum atomic E-state index is 4.54. The Morgan fingerprint density at radius 2 is 1.94 bits per heavy atom. The third-order valence-electron chi connectivity index (χ3n) is 3.87. The largest absolute Gasteiger partial charge is 0.308 e. The number of hydrogen-bond donors (Lipinski definition) is 1. The molecule has 1 aliphatic rings. The first-order chi connectivity index (χ1) is 8.72. The second-order valence-corrected chi connectivity index (χ2v) is 6.02. The highest BCUT2D eigenvalue weighted by atomic mass is 79.9. The summed E-state index contributed by atoms with van der Waals surface area (Å²) in [5.41, 5.74) is 2.38. The SMILES string of the molecule is CCn1nc(C)c(Br)c1CNC1CCCCCC1. The third kappa shape index (κ3) is 3.35. The highest BCUT2D eigenvalue weighted by Gasteiger charge is 2.15. The van der Waals surface area contributed by atoms with Crippen LogP contribution in [0, 0.1) is 6.92 Å². The molecular weight excluding hydrogens is 290 g/mol. The van der Waals surface area contributed by atoms with Crippen molar-refractivity contribution in [3.63, 3.8) is 0 Å². The van der Waals surface area contributed by atoms with Crippen LogP contribution in [0.2, 0.25) is 0 Å². The molecule has 18 heavy (non-hydrogen) atoms. The topological polar surface area (TPSA) is 29.9 Å². The highest BCUT2D eigenvalue weighted by Crippen LogP contribution is 2.22. The third-order valence-corrected chi connectivity index (χ3v) is 4.90. The predicted molar refractivity (Wildman–Crippen MR) is 78.7 cm³/mol. The van der Waals surface area contributed by atoms with Gasteiger partial charge in [-0.05, 0) is 42.6 Å².